The maximum absolute atomic E-state index is 3.17. The van der Waals surface area contributed by atoms with Crippen LogP contribution in [0.4, 0.5) is 0 Å². The van der Waals surface area contributed by atoms with Gasteiger partial charge in [-0.15, -0.1) is 0 Å². The molecule has 0 aliphatic rings. The van der Waals surface area contributed by atoms with Crippen LogP contribution in [-0.4, -0.2) is 7.05 Å². The van der Waals surface area contributed by atoms with Crippen LogP contribution in [0.25, 0.3) is 0 Å². The predicted octanol–water partition coefficient (Wildman–Crippen LogP) is 2.75. The lowest BCUT2D eigenvalue weighted by atomic mass is 10.1. The monoisotopic (exact) mass is 177 g/mol. The second-order valence-electron chi connectivity index (χ2n) is 3.45. The molecule has 0 bridgehead atoms. The fraction of sp³-hybridized carbons (Fsp3) is 0.500. The zero-order valence-electron chi connectivity index (χ0n) is 8.64. The normalized spacial score (nSPS) is 10.3. The summed E-state index contributed by atoms with van der Waals surface area (Å²) in [6.07, 6.45) is 3.79. The Morgan fingerprint density at radius 3 is 2.69 bits per heavy atom. The predicted molar refractivity (Wildman–Crippen MR) is 57.8 cm³/mol. The molecule has 0 radical (unpaired) electrons. The van der Waals surface area contributed by atoms with E-state index in [1.54, 1.807) is 0 Å². The van der Waals surface area contributed by atoms with Crippen molar-refractivity contribution < 1.29 is 0 Å². The molecule has 0 aromatic heterocycles. The molecule has 1 rings (SSSR count). The summed E-state index contributed by atoms with van der Waals surface area (Å²) >= 11 is 0. The van der Waals surface area contributed by atoms with E-state index < -0.39 is 0 Å². The van der Waals surface area contributed by atoms with Gasteiger partial charge in [0, 0.05) is 6.54 Å². The smallest absolute Gasteiger partial charge is 0.0202 e. The highest BCUT2D eigenvalue weighted by Crippen LogP contribution is 2.08. The molecule has 1 heteroatoms. The molecule has 0 saturated carbocycles. The number of hydrogen-bond donors (Lipinski definition) is 1. The molecule has 0 aliphatic carbocycles. The van der Waals surface area contributed by atoms with E-state index in [0.29, 0.717) is 0 Å². The van der Waals surface area contributed by atoms with E-state index in [2.05, 4.69) is 36.5 Å². The summed E-state index contributed by atoms with van der Waals surface area (Å²) < 4.78 is 0. The summed E-state index contributed by atoms with van der Waals surface area (Å²) in [6.45, 7) is 3.21. The molecule has 0 heterocycles. The van der Waals surface area contributed by atoms with Crippen molar-refractivity contribution in [3.63, 3.8) is 0 Å². The molecule has 1 aromatic carbocycles. The van der Waals surface area contributed by atoms with Crippen molar-refractivity contribution in [1.29, 1.82) is 0 Å². The van der Waals surface area contributed by atoms with Crippen molar-refractivity contribution in [3.8, 4) is 0 Å². The van der Waals surface area contributed by atoms with Gasteiger partial charge in [-0.2, -0.15) is 0 Å². The summed E-state index contributed by atoms with van der Waals surface area (Å²) in [6, 6.07) is 8.84. The van der Waals surface area contributed by atoms with Gasteiger partial charge in [-0.1, -0.05) is 37.6 Å². The van der Waals surface area contributed by atoms with Gasteiger partial charge in [-0.3, -0.25) is 0 Å². The highest BCUT2D eigenvalue weighted by atomic mass is 14.8. The molecule has 0 saturated heterocycles. The van der Waals surface area contributed by atoms with Crippen LogP contribution in [0.3, 0.4) is 0 Å². The molecule has 0 spiro atoms. The van der Waals surface area contributed by atoms with E-state index in [4.69, 9.17) is 0 Å². The topological polar surface area (TPSA) is 12.0 Å². The standard InChI is InChI=1S/C12H19N/c1-3-4-6-11-7-5-8-12(9-11)10-13-2/h5,7-9,13H,3-4,6,10H2,1-2H3. The van der Waals surface area contributed by atoms with Crippen LogP contribution in [0, 0.1) is 0 Å². The minimum atomic E-state index is 0.972. The van der Waals surface area contributed by atoms with E-state index >= 15 is 0 Å². The Hall–Kier alpha value is -0.820. The quantitative estimate of drug-likeness (QED) is 0.729. The zero-order valence-corrected chi connectivity index (χ0v) is 8.64. The van der Waals surface area contributed by atoms with E-state index in [1.165, 1.54) is 30.4 Å². The lowest BCUT2D eigenvalue weighted by molar-refractivity contribution is 0.786. The number of hydrogen-bond acceptors (Lipinski definition) is 1. The lowest BCUT2D eigenvalue weighted by Gasteiger charge is -2.03. The molecule has 13 heavy (non-hydrogen) atoms. The van der Waals surface area contributed by atoms with E-state index in [-0.39, 0.29) is 0 Å². The Bertz CT molecular complexity index is 243. The maximum atomic E-state index is 3.17. The highest BCUT2D eigenvalue weighted by Gasteiger charge is 1.94. The SMILES string of the molecule is CCCCc1cccc(CNC)c1. The molecule has 1 nitrogen and oxygen atoms in total. The molecule has 0 fully saturated rings. The van der Waals surface area contributed by atoms with E-state index in [0.717, 1.165) is 6.54 Å². The van der Waals surface area contributed by atoms with Gasteiger partial charge in [0.1, 0.15) is 0 Å². The van der Waals surface area contributed by atoms with Gasteiger partial charge in [0.05, 0.1) is 0 Å². The van der Waals surface area contributed by atoms with Crippen molar-refractivity contribution >= 4 is 0 Å². The Morgan fingerprint density at radius 1 is 1.23 bits per heavy atom. The average Bonchev–Trinajstić information content (AvgIpc) is 2.16. The second-order valence-corrected chi connectivity index (χ2v) is 3.45. The van der Waals surface area contributed by atoms with Gasteiger partial charge in [0.15, 0.2) is 0 Å². The first kappa shape index (κ1) is 10.3. The summed E-state index contributed by atoms with van der Waals surface area (Å²) in [5.74, 6) is 0. The second kappa shape index (κ2) is 5.76. The third-order valence-corrected chi connectivity index (χ3v) is 2.19. The van der Waals surface area contributed by atoms with Crippen molar-refractivity contribution in [2.75, 3.05) is 7.05 Å². The molecule has 1 N–H and O–H groups in total. The van der Waals surface area contributed by atoms with Gasteiger partial charge >= 0.3 is 0 Å². The number of aryl methyl sites for hydroxylation is 1. The number of benzene rings is 1. The van der Waals surface area contributed by atoms with E-state index in [1.807, 2.05) is 7.05 Å². The van der Waals surface area contributed by atoms with Crippen molar-refractivity contribution in [1.82, 2.24) is 5.32 Å². The van der Waals surface area contributed by atoms with Crippen molar-refractivity contribution in [3.05, 3.63) is 35.4 Å². The first-order valence-corrected chi connectivity index (χ1v) is 5.09. The van der Waals surface area contributed by atoms with Crippen LogP contribution < -0.4 is 5.32 Å². The molecule has 72 valence electrons. The first-order chi connectivity index (χ1) is 6.36. The Kier molecular flexibility index (Phi) is 4.55. The number of nitrogens with one attached hydrogen (secondary N) is 1. The zero-order chi connectivity index (χ0) is 9.52. The maximum Gasteiger partial charge on any atom is 0.0202 e. The lowest BCUT2D eigenvalue weighted by Crippen LogP contribution is -2.05. The third kappa shape index (κ3) is 3.60. The average molecular weight is 177 g/mol. The van der Waals surface area contributed by atoms with Crippen LogP contribution >= 0.6 is 0 Å². The summed E-state index contributed by atoms with van der Waals surface area (Å²) in [5, 5.41) is 3.17. The fourth-order valence-corrected chi connectivity index (χ4v) is 1.48. The van der Waals surface area contributed by atoms with E-state index in [9.17, 15) is 0 Å². The third-order valence-electron chi connectivity index (χ3n) is 2.19. The van der Waals surface area contributed by atoms with Gasteiger partial charge in [0.25, 0.3) is 0 Å². The van der Waals surface area contributed by atoms with Crippen LogP contribution in [0.5, 0.6) is 0 Å². The Balaban J connectivity index is 2.56. The van der Waals surface area contributed by atoms with Gasteiger partial charge < -0.3 is 5.32 Å². The van der Waals surface area contributed by atoms with Crippen molar-refractivity contribution in [2.24, 2.45) is 0 Å². The summed E-state index contributed by atoms with van der Waals surface area (Å²) in [7, 11) is 1.98. The van der Waals surface area contributed by atoms with Gasteiger partial charge in [0.2, 0.25) is 0 Å². The highest BCUT2D eigenvalue weighted by molar-refractivity contribution is 5.23. The molecule has 0 aliphatic heterocycles. The summed E-state index contributed by atoms with van der Waals surface area (Å²) in [5.41, 5.74) is 2.85. The Labute approximate surface area is 81.2 Å². The van der Waals surface area contributed by atoms with Gasteiger partial charge in [-0.25, -0.2) is 0 Å². The minimum Gasteiger partial charge on any atom is -0.316 e. The molecular weight excluding hydrogens is 158 g/mol. The fourth-order valence-electron chi connectivity index (χ4n) is 1.48. The summed E-state index contributed by atoms with van der Waals surface area (Å²) in [4.78, 5) is 0. The van der Waals surface area contributed by atoms with Crippen LogP contribution in [-0.2, 0) is 13.0 Å². The van der Waals surface area contributed by atoms with Crippen LogP contribution in [0.1, 0.15) is 30.9 Å². The van der Waals surface area contributed by atoms with Crippen LogP contribution in [0.2, 0.25) is 0 Å². The molecule has 0 atom stereocenters. The molecular formula is C12H19N. The van der Waals surface area contributed by atoms with Gasteiger partial charge in [-0.05, 0) is 31.0 Å². The molecule has 0 unspecified atom stereocenters. The minimum absolute atomic E-state index is 0.972. The molecule has 0 amide bonds. The number of unbranched alkanes of at least 4 members (excludes halogenated alkanes) is 1. The largest absolute Gasteiger partial charge is 0.316 e. The molecule has 1 aromatic rings. The van der Waals surface area contributed by atoms with Crippen LogP contribution in [0.15, 0.2) is 24.3 Å². The Morgan fingerprint density at radius 2 is 2.00 bits per heavy atom. The van der Waals surface area contributed by atoms with Crippen molar-refractivity contribution in [2.45, 2.75) is 32.7 Å². The number of rotatable bonds is 5. The first-order valence-electron chi connectivity index (χ1n) is 5.09.